The fraction of sp³-hybridized carbons (Fsp3) is 0.269. The lowest BCUT2D eigenvalue weighted by atomic mass is 10.0. The number of nitrogens with one attached hydrogen (secondary N) is 2. The highest BCUT2D eigenvalue weighted by atomic mass is 16.6. The summed E-state index contributed by atoms with van der Waals surface area (Å²) in [5.41, 5.74) is 4.15. The van der Waals surface area contributed by atoms with Crippen LogP contribution in [0.4, 0.5) is 10.7 Å². The third-order valence-corrected chi connectivity index (χ3v) is 5.91. The molecule has 4 unspecified atom stereocenters. The number of aromatic nitrogens is 2. The standard InChI is InChI=1S/C26H26N4O4/c1-2-13-28-26(31)34-22-16-33-23-21(15-32-24(22)23)30-25-27-14-12-20(29-25)19-10-8-18(9-11-19)17-6-4-3-5-7-17/h2-12,14,21-24H,1,13,15-16H2,(H,28,31)(H,27,29,30). The van der Waals surface area contributed by atoms with Gasteiger partial charge in [0, 0.05) is 18.3 Å². The van der Waals surface area contributed by atoms with E-state index in [1.165, 1.54) is 5.56 Å². The molecule has 0 saturated carbocycles. The van der Waals surface area contributed by atoms with Crippen LogP contribution in [0.2, 0.25) is 0 Å². The van der Waals surface area contributed by atoms with Crippen LogP contribution < -0.4 is 10.6 Å². The Morgan fingerprint density at radius 3 is 2.53 bits per heavy atom. The molecule has 1 amide bonds. The van der Waals surface area contributed by atoms with Crippen molar-refractivity contribution in [3.8, 4) is 22.4 Å². The van der Waals surface area contributed by atoms with E-state index in [1.54, 1.807) is 12.3 Å². The third-order valence-electron chi connectivity index (χ3n) is 5.91. The second kappa shape index (κ2) is 10.0. The molecule has 8 heteroatoms. The van der Waals surface area contributed by atoms with Crippen LogP contribution in [0.15, 0.2) is 79.5 Å². The Morgan fingerprint density at radius 2 is 1.74 bits per heavy atom. The molecule has 2 aromatic carbocycles. The van der Waals surface area contributed by atoms with Gasteiger partial charge in [-0.15, -0.1) is 6.58 Å². The van der Waals surface area contributed by atoms with Crippen molar-refractivity contribution in [3.05, 3.63) is 79.5 Å². The van der Waals surface area contributed by atoms with Gasteiger partial charge in [-0.25, -0.2) is 14.8 Å². The average molecular weight is 459 g/mol. The van der Waals surface area contributed by atoms with Crippen molar-refractivity contribution >= 4 is 12.0 Å². The first kappa shape index (κ1) is 22.1. The highest BCUT2D eigenvalue weighted by Gasteiger charge is 2.49. The monoisotopic (exact) mass is 458 g/mol. The predicted octanol–water partition coefficient (Wildman–Crippen LogP) is 3.67. The number of alkyl carbamates (subject to hydrolysis) is 1. The molecule has 5 rings (SSSR count). The molecule has 4 atom stereocenters. The SMILES string of the molecule is C=CCNC(=O)OC1COC2C(Nc3nccc(-c4ccc(-c5ccccc5)cc4)n3)COC12. The highest BCUT2D eigenvalue weighted by Crippen LogP contribution is 2.31. The number of hydrogen-bond acceptors (Lipinski definition) is 7. The summed E-state index contributed by atoms with van der Waals surface area (Å²) in [6, 6.07) is 20.3. The van der Waals surface area contributed by atoms with Crippen molar-refractivity contribution in [2.45, 2.75) is 24.4 Å². The Hall–Kier alpha value is -3.75. The lowest BCUT2D eigenvalue weighted by molar-refractivity contribution is 0.00475. The van der Waals surface area contributed by atoms with Gasteiger partial charge in [-0.1, -0.05) is 60.7 Å². The van der Waals surface area contributed by atoms with Gasteiger partial charge in [0.1, 0.15) is 12.2 Å². The number of carbonyl (C=O) groups is 1. The number of anilines is 1. The molecule has 2 N–H and O–H groups in total. The smallest absolute Gasteiger partial charge is 0.407 e. The summed E-state index contributed by atoms with van der Waals surface area (Å²) in [6.07, 6.45) is 1.76. The Bertz CT molecular complexity index is 1140. The first-order chi connectivity index (χ1) is 16.7. The molecule has 3 heterocycles. The van der Waals surface area contributed by atoms with E-state index in [4.69, 9.17) is 14.2 Å². The third kappa shape index (κ3) is 4.78. The molecule has 0 radical (unpaired) electrons. The quantitative estimate of drug-likeness (QED) is 0.522. The van der Waals surface area contributed by atoms with E-state index in [0.29, 0.717) is 19.1 Å². The molecule has 3 aromatic rings. The molecule has 2 fully saturated rings. The van der Waals surface area contributed by atoms with Gasteiger partial charge in [0.15, 0.2) is 6.10 Å². The van der Waals surface area contributed by atoms with Crippen LogP contribution >= 0.6 is 0 Å². The second-order valence-corrected chi connectivity index (χ2v) is 8.17. The van der Waals surface area contributed by atoms with Crippen molar-refractivity contribution in [2.75, 3.05) is 25.1 Å². The van der Waals surface area contributed by atoms with Gasteiger partial charge in [-0.05, 0) is 17.2 Å². The molecule has 1 aromatic heterocycles. The summed E-state index contributed by atoms with van der Waals surface area (Å²) < 4.78 is 17.2. The zero-order chi connectivity index (χ0) is 23.3. The summed E-state index contributed by atoms with van der Waals surface area (Å²) in [6.45, 7) is 4.60. The van der Waals surface area contributed by atoms with Gasteiger partial charge in [-0.3, -0.25) is 0 Å². The molecular weight excluding hydrogens is 432 g/mol. The van der Waals surface area contributed by atoms with E-state index in [9.17, 15) is 4.79 Å². The normalized spacial score (nSPS) is 23.2. The van der Waals surface area contributed by atoms with Crippen molar-refractivity contribution in [1.29, 1.82) is 0 Å². The van der Waals surface area contributed by atoms with Crippen LogP contribution in [0.3, 0.4) is 0 Å². The van der Waals surface area contributed by atoms with Gasteiger partial charge in [0.2, 0.25) is 5.95 Å². The Balaban J connectivity index is 1.23. The molecule has 174 valence electrons. The van der Waals surface area contributed by atoms with Crippen LogP contribution in [-0.2, 0) is 14.2 Å². The van der Waals surface area contributed by atoms with E-state index >= 15 is 0 Å². The van der Waals surface area contributed by atoms with E-state index in [2.05, 4.69) is 63.6 Å². The van der Waals surface area contributed by atoms with Crippen LogP contribution in [-0.4, -0.2) is 60.2 Å². The van der Waals surface area contributed by atoms with E-state index in [0.717, 1.165) is 16.8 Å². The van der Waals surface area contributed by atoms with Gasteiger partial charge in [0.25, 0.3) is 0 Å². The topological polar surface area (TPSA) is 94.6 Å². The number of rotatable bonds is 7. The van der Waals surface area contributed by atoms with E-state index in [1.807, 2.05) is 24.3 Å². The van der Waals surface area contributed by atoms with Crippen molar-refractivity contribution < 1.29 is 19.0 Å². The molecule has 0 spiro atoms. The number of hydrogen-bond donors (Lipinski definition) is 2. The van der Waals surface area contributed by atoms with Gasteiger partial charge in [-0.2, -0.15) is 0 Å². The van der Waals surface area contributed by atoms with E-state index in [-0.39, 0.29) is 24.9 Å². The largest absolute Gasteiger partial charge is 0.441 e. The molecule has 8 nitrogen and oxygen atoms in total. The Labute approximate surface area is 198 Å². The first-order valence-corrected chi connectivity index (χ1v) is 11.3. The summed E-state index contributed by atoms with van der Waals surface area (Å²) in [7, 11) is 0. The minimum absolute atomic E-state index is 0.148. The van der Waals surface area contributed by atoms with Crippen molar-refractivity contribution in [1.82, 2.24) is 15.3 Å². The minimum Gasteiger partial charge on any atom is -0.441 e. The van der Waals surface area contributed by atoms with E-state index < -0.39 is 12.2 Å². The van der Waals surface area contributed by atoms with Crippen molar-refractivity contribution in [3.63, 3.8) is 0 Å². The predicted molar refractivity (Wildman–Crippen MR) is 128 cm³/mol. The number of amides is 1. The van der Waals surface area contributed by atoms with Crippen LogP contribution in [0, 0.1) is 0 Å². The molecule has 0 bridgehead atoms. The van der Waals surface area contributed by atoms with Crippen LogP contribution in [0.25, 0.3) is 22.4 Å². The fourth-order valence-electron chi connectivity index (χ4n) is 4.24. The Morgan fingerprint density at radius 1 is 1.00 bits per heavy atom. The highest BCUT2D eigenvalue weighted by molar-refractivity contribution is 5.69. The summed E-state index contributed by atoms with van der Waals surface area (Å²) >= 11 is 0. The van der Waals surface area contributed by atoms with Gasteiger partial charge < -0.3 is 24.8 Å². The lowest BCUT2D eigenvalue weighted by Gasteiger charge is -2.18. The lowest BCUT2D eigenvalue weighted by Crippen LogP contribution is -2.39. The summed E-state index contributed by atoms with van der Waals surface area (Å²) in [4.78, 5) is 20.9. The maximum atomic E-state index is 11.9. The molecule has 2 aliphatic rings. The number of carbonyl (C=O) groups excluding carboxylic acids is 1. The van der Waals surface area contributed by atoms with Crippen LogP contribution in [0.1, 0.15) is 0 Å². The number of benzene rings is 2. The zero-order valence-electron chi connectivity index (χ0n) is 18.6. The fourth-order valence-corrected chi connectivity index (χ4v) is 4.24. The first-order valence-electron chi connectivity index (χ1n) is 11.3. The average Bonchev–Trinajstić information content (AvgIpc) is 3.47. The zero-order valence-corrected chi connectivity index (χ0v) is 18.6. The second-order valence-electron chi connectivity index (χ2n) is 8.17. The maximum Gasteiger partial charge on any atom is 0.407 e. The van der Waals surface area contributed by atoms with Gasteiger partial charge >= 0.3 is 6.09 Å². The van der Waals surface area contributed by atoms with Gasteiger partial charge in [0.05, 0.1) is 24.9 Å². The number of nitrogens with zero attached hydrogens (tertiary/aromatic N) is 2. The number of ether oxygens (including phenoxy) is 3. The minimum atomic E-state index is -0.511. The molecule has 2 aliphatic heterocycles. The Kier molecular flexibility index (Phi) is 6.51. The molecule has 0 aliphatic carbocycles. The molecule has 2 saturated heterocycles. The number of fused-ring (bicyclic) bond motifs is 1. The maximum absolute atomic E-state index is 11.9. The molecule has 34 heavy (non-hydrogen) atoms. The summed E-state index contributed by atoms with van der Waals surface area (Å²) in [5.74, 6) is 0.496. The van der Waals surface area contributed by atoms with Crippen LogP contribution in [0.5, 0.6) is 0 Å². The van der Waals surface area contributed by atoms with Crippen molar-refractivity contribution in [2.24, 2.45) is 0 Å². The molecular formula is C26H26N4O4. The summed E-state index contributed by atoms with van der Waals surface area (Å²) in [5, 5.41) is 5.92.